The second-order valence-corrected chi connectivity index (χ2v) is 6.64. The first-order valence-corrected chi connectivity index (χ1v) is 7.98. The Hall–Kier alpha value is -1.04. The first-order chi connectivity index (χ1) is 9.58. The van der Waals surface area contributed by atoms with Gasteiger partial charge in [0.05, 0.1) is 5.56 Å². The number of rotatable bonds is 2. The van der Waals surface area contributed by atoms with Crippen LogP contribution in [0, 0.1) is 5.82 Å². The Labute approximate surface area is 132 Å². The zero-order valence-electron chi connectivity index (χ0n) is 10.5. The lowest BCUT2D eigenvalue weighted by molar-refractivity contribution is 0.629. The van der Waals surface area contributed by atoms with E-state index in [-0.39, 0.29) is 5.82 Å². The summed E-state index contributed by atoms with van der Waals surface area (Å²) in [6, 6.07) is 6.78. The van der Waals surface area contributed by atoms with E-state index in [4.69, 9.17) is 11.6 Å². The highest BCUT2D eigenvalue weighted by Crippen LogP contribution is 2.32. The predicted octanol–water partition coefficient (Wildman–Crippen LogP) is 5.48. The average Bonchev–Trinajstić information content (AvgIpc) is 2.82. The molecule has 0 saturated heterocycles. The van der Waals surface area contributed by atoms with Crippen LogP contribution < -0.4 is 0 Å². The summed E-state index contributed by atoms with van der Waals surface area (Å²) in [6.45, 7) is 2.07. The van der Waals surface area contributed by atoms with Gasteiger partial charge in [0.1, 0.15) is 15.8 Å². The normalized spacial score (nSPS) is 11.2. The smallest absolute Gasteiger partial charge is 0.165 e. The van der Waals surface area contributed by atoms with E-state index in [0.717, 1.165) is 16.6 Å². The van der Waals surface area contributed by atoms with Crippen molar-refractivity contribution in [1.29, 1.82) is 0 Å². The molecule has 20 heavy (non-hydrogen) atoms. The van der Waals surface area contributed by atoms with E-state index in [1.165, 1.54) is 10.9 Å². The minimum absolute atomic E-state index is 0.317. The summed E-state index contributed by atoms with van der Waals surface area (Å²) in [5.41, 5.74) is 0.350. The second-order valence-electron chi connectivity index (χ2n) is 4.25. The van der Waals surface area contributed by atoms with E-state index in [0.29, 0.717) is 21.0 Å². The monoisotopic (exact) mass is 370 g/mol. The van der Waals surface area contributed by atoms with Gasteiger partial charge in [-0.3, -0.25) is 0 Å². The van der Waals surface area contributed by atoms with Gasteiger partial charge in [-0.2, -0.15) is 0 Å². The molecule has 0 atom stereocenters. The molecule has 2 heterocycles. The molecule has 0 bridgehead atoms. The molecule has 102 valence electrons. The highest BCUT2D eigenvalue weighted by atomic mass is 79.9. The van der Waals surface area contributed by atoms with Gasteiger partial charge in [-0.15, -0.1) is 11.3 Å². The quantitative estimate of drug-likeness (QED) is 0.558. The van der Waals surface area contributed by atoms with Crippen molar-refractivity contribution in [2.45, 2.75) is 13.3 Å². The molecule has 3 aromatic rings. The molecule has 0 aliphatic heterocycles. The Bertz CT molecular complexity index is 803. The van der Waals surface area contributed by atoms with E-state index in [2.05, 4.69) is 32.8 Å². The number of fused-ring (bicyclic) bond motifs is 1. The molecular weight excluding hydrogens is 363 g/mol. The third kappa shape index (κ3) is 2.45. The van der Waals surface area contributed by atoms with Crippen LogP contribution in [0.25, 0.3) is 21.6 Å². The van der Waals surface area contributed by atoms with Crippen molar-refractivity contribution in [1.82, 2.24) is 9.97 Å². The number of benzene rings is 1. The molecule has 0 unspecified atom stereocenters. The minimum Gasteiger partial charge on any atom is -0.217 e. The summed E-state index contributed by atoms with van der Waals surface area (Å²) in [5, 5.41) is 1.19. The molecule has 0 amide bonds. The van der Waals surface area contributed by atoms with Gasteiger partial charge in [-0.1, -0.05) is 34.5 Å². The largest absolute Gasteiger partial charge is 0.217 e. The molecule has 2 aromatic heterocycles. The summed E-state index contributed by atoms with van der Waals surface area (Å²) >= 11 is 11.0. The Kier molecular flexibility index (Phi) is 3.75. The van der Waals surface area contributed by atoms with Gasteiger partial charge < -0.3 is 0 Å². The number of thiophene rings is 1. The zero-order valence-corrected chi connectivity index (χ0v) is 13.6. The van der Waals surface area contributed by atoms with Crippen molar-refractivity contribution in [3.8, 4) is 11.4 Å². The maximum absolute atomic E-state index is 14.0. The van der Waals surface area contributed by atoms with Gasteiger partial charge in [-0.05, 0) is 30.7 Å². The Morgan fingerprint density at radius 3 is 2.80 bits per heavy atom. The minimum atomic E-state index is -0.373. The van der Waals surface area contributed by atoms with Crippen molar-refractivity contribution < 1.29 is 4.39 Å². The van der Waals surface area contributed by atoms with E-state index in [1.54, 1.807) is 23.5 Å². The summed E-state index contributed by atoms with van der Waals surface area (Å²) < 4.78 is 14.7. The van der Waals surface area contributed by atoms with Gasteiger partial charge in [0.2, 0.25) is 0 Å². The molecule has 0 aliphatic carbocycles. The van der Waals surface area contributed by atoms with Crippen LogP contribution >= 0.6 is 38.9 Å². The number of aromatic nitrogens is 2. The molecule has 0 spiro atoms. The van der Waals surface area contributed by atoms with Crippen molar-refractivity contribution in [3.05, 3.63) is 44.6 Å². The molecule has 2 nitrogen and oxygen atoms in total. The molecular formula is C14H9BrClFN2S. The summed E-state index contributed by atoms with van der Waals surface area (Å²) in [7, 11) is 0. The van der Waals surface area contributed by atoms with Gasteiger partial charge >= 0.3 is 0 Å². The molecule has 0 fully saturated rings. The second kappa shape index (κ2) is 5.39. The molecule has 0 radical (unpaired) electrons. The van der Waals surface area contributed by atoms with E-state index < -0.39 is 0 Å². The number of nitrogens with zero attached hydrogens (tertiary/aromatic N) is 2. The predicted molar refractivity (Wildman–Crippen MR) is 84.9 cm³/mol. The van der Waals surface area contributed by atoms with Crippen molar-refractivity contribution in [2.24, 2.45) is 0 Å². The lowest BCUT2D eigenvalue weighted by atomic mass is 10.2. The lowest BCUT2D eigenvalue weighted by Gasteiger charge is -2.03. The maximum atomic E-state index is 14.0. The van der Waals surface area contributed by atoms with Crippen LogP contribution in [0.5, 0.6) is 0 Å². The molecule has 3 rings (SSSR count). The summed E-state index contributed by atoms with van der Waals surface area (Å²) in [4.78, 5) is 10.6. The van der Waals surface area contributed by atoms with Crippen molar-refractivity contribution in [3.63, 3.8) is 0 Å². The first-order valence-electron chi connectivity index (χ1n) is 6.00. The fourth-order valence-electron chi connectivity index (χ4n) is 1.90. The van der Waals surface area contributed by atoms with E-state index in [1.807, 2.05) is 6.07 Å². The molecule has 0 saturated carbocycles. The first kappa shape index (κ1) is 13.9. The molecule has 0 N–H and O–H groups in total. The van der Waals surface area contributed by atoms with Gasteiger partial charge in [0.15, 0.2) is 5.82 Å². The fourth-order valence-corrected chi connectivity index (χ4v) is 3.48. The van der Waals surface area contributed by atoms with Crippen LogP contribution in [0.3, 0.4) is 0 Å². The highest BCUT2D eigenvalue weighted by molar-refractivity contribution is 9.10. The number of aryl methyl sites for hydroxylation is 1. The standard InChI is InChI=1S/C14H9BrClFN2S/c1-2-8-6-10-12(16)18-13(19-14(10)20-8)9-4-3-7(15)5-11(9)17/h3-6H,2H2,1H3. The SMILES string of the molecule is CCc1cc2c(Cl)nc(-c3ccc(Br)cc3F)nc2s1. The topological polar surface area (TPSA) is 25.8 Å². The lowest BCUT2D eigenvalue weighted by Crippen LogP contribution is -1.92. The van der Waals surface area contributed by atoms with Crippen LogP contribution in [-0.4, -0.2) is 9.97 Å². The third-order valence-electron chi connectivity index (χ3n) is 2.92. The van der Waals surface area contributed by atoms with Crippen LogP contribution in [0.15, 0.2) is 28.7 Å². The van der Waals surface area contributed by atoms with Crippen molar-refractivity contribution in [2.75, 3.05) is 0 Å². The summed E-state index contributed by atoms with van der Waals surface area (Å²) in [5.74, 6) is -0.0564. The van der Waals surface area contributed by atoms with Crippen LogP contribution in [-0.2, 0) is 6.42 Å². The molecule has 0 aliphatic rings. The molecule has 1 aromatic carbocycles. The van der Waals surface area contributed by atoms with E-state index in [9.17, 15) is 4.39 Å². The third-order valence-corrected chi connectivity index (χ3v) is 4.87. The Balaban J connectivity index is 2.21. The highest BCUT2D eigenvalue weighted by Gasteiger charge is 2.14. The van der Waals surface area contributed by atoms with Crippen LogP contribution in [0.1, 0.15) is 11.8 Å². The fraction of sp³-hybridized carbons (Fsp3) is 0.143. The molecule has 6 heteroatoms. The van der Waals surface area contributed by atoms with Gasteiger partial charge in [-0.25, -0.2) is 14.4 Å². The number of hydrogen-bond acceptors (Lipinski definition) is 3. The van der Waals surface area contributed by atoms with Crippen molar-refractivity contribution >= 4 is 49.1 Å². The van der Waals surface area contributed by atoms with Gasteiger partial charge in [0.25, 0.3) is 0 Å². The maximum Gasteiger partial charge on any atom is 0.165 e. The Morgan fingerprint density at radius 2 is 2.10 bits per heavy atom. The Morgan fingerprint density at radius 1 is 1.30 bits per heavy atom. The van der Waals surface area contributed by atoms with Crippen LogP contribution in [0.4, 0.5) is 4.39 Å². The number of hydrogen-bond donors (Lipinski definition) is 0. The average molecular weight is 372 g/mol. The van der Waals surface area contributed by atoms with Gasteiger partial charge in [0, 0.05) is 14.7 Å². The number of halogens is 3. The zero-order chi connectivity index (χ0) is 14.3. The van der Waals surface area contributed by atoms with Crippen LogP contribution in [0.2, 0.25) is 5.15 Å². The summed E-state index contributed by atoms with van der Waals surface area (Å²) in [6.07, 6.45) is 0.916. The van der Waals surface area contributed by atoms with E-state index >= 15 is 0 Å².